The Hall–Kier alpha value is -3.32. The number of methoxy groups -OCH3 is 1. The minimum atomic E-state index is -0.114. The van der Waals surface area contributed by atoms with Crippen LogP contribution in [0.2, 0.25) is 0 Å². The third kappa shape index (κ3) is 5.68. The van der Waals surface area contributed by atoms with Gasteiger partial charge in [-0.05, 0) is 37.1 Å². The third-order valence-electron chi connectivity index (χ3n) is 5.34. The number of hydrogen-bond donors (Lipinski definition) is 0. The molecule has 0 saturated carbocycles. The molecule has 0 aliphatic carbocycles. The van der Waals surface area contributed by atoms with Gasteiger partial charge in [0.25, 0.3) is 5.56 Å². The first-order valence-corrected chi connectivity index (χ1v) is 10.6. The molecule has 0 spiro atoms. The molecule has 0 fully saturated rings. The summed E-state index contributed by atoms with van der Waals surface area (Å²) in [5.74, 6) is 1.22. The molecule has 3 aromatic heterocycles. The number of aryl methyl sites for hydroxylation is 2. The van der Waals surface area contributed by atoms with Gasteiger partial charge in [0.15, 0.2) is 0 Å². The highest BCUT2D eigenvalue weighted by Crippen LogP contribution is 2.29. The molecule has 0 aliphatic rings. The minimum Gasteiger partial charge on any atom is -0.477 e. The molecule has 2 unspecified atom stereocenters. The molecular formula is C25H30N4O3. The van der Waals surface area contributed by atoms with Gasteiger partial charge in [-0.1, -0.05) is 19.1 Å². The van der Waals surface area contributed by atoms with Crippen LogP contribution in [0.3, 0.4) is 0 Å². The van der Waals surface area contributed by atoms with Crippen molar-refractivity contribution in [3.63, 3.8) is 0 Å². The zero-order chi connectivity index (χ0) is 23.1. The molecule has 7 nitrogen and oxygen atoms in total. The monoisotopic (exact) mass is 434 g/mol. The maximum Gasteiger partial charge on any atom is 0.251 e. The predicted molar refractivity (Wildman–Crippen MR) is 125 cm³/mol. The number of hydrogen-bond acceptors (Lipinski definition) is 6. The van der Waals surface area contributed by atoms with E-state index in [1.807, 2.05) is 44.3 Å². The Morgan fingerprint density at radius 1 is 1.19 bits per heavy atom. The van der Waals surface area contributed by atoms with Crippen LogP contribution >= 0.6 is 0 Å². The molecule has 3 heterocycles. The van der Waals surface area contributed by atoms with Gasteiger partial charge in [0.05, 0.1) is 18.8 Å². The number of pyridine rings is 2. The largest absolute Gasteiger partial charge is 0.477 e. The van der Waals surface area contributed by atoms with Crippen molar-refractivity contribution in [1.29, 1.82) is 0 Å². The highest BCUT2D eigenvalue weighted by atomic mass is 16.5. The van der Waals surface area contributed by atoms with Gasteiger partial charge < -0.3 is 14.0 Å². The van der Waals surface area contributed by atoms with Crippen molar-refractivity contribution in [3.8, 4) is 17.0 Å². The summed E-state index contributed by atoms with van der Waals surface area (Å²) in [4.78, 5) is 25.8. The molecular weight excluding hydrogens is 404 g/mol. The van der Waals surface area contributed by atoms with Crippen LogP contribution in [-0.2, 0) is 11.3 Å². The first-order valence-electron chi connectivity index (χ1n) is 10.6. The second-order valence-corrected chi connectivity index (χ2v) is 7.89. The minimum absolute atomic E-state index is 0.0479. The number of rotatable bonds is 10. The summed E-state index contributed by atoms with van der Waals surface area (Å²) in [5.41, 5.74) is 3.36. The fourth-order valence-electron chi connectivity index (χ4n) is 3.44. The van der Waals surface area contributed by atoms with Gasteiger partial charge >= 0.3 is 0 Å². The molecule has 0 amide bonds. The summed E-state index contributed by atoms with van der Waals surface area (Å²) in [7, 11) is 1.61. The summed E-state index contributed by atoms with van der Waals surface area (Å²) in [5, 5.41) is 0. The molecule has 2 atom stereocenters. The SMILES string of the molecule is C=CC(c1ccc(C)cn1)C(C)COc1nc(C)ncc1-c1ccn(CCOC)c(=O)c1. The summed E-state index contributed by atoms with van der Waals surface area (Å²) in [6.45, 7) is 11.3. The van der Waals surface area contributed by atoms with E-state index in [9.17, 15) is 4.79 Å². The lowest BCUT2D eigenvalue weighted by Gasteiger charge is -2.21. The van der Waals surface area contributed by atoms with E-state index in [0.717, 1.165) is 11.3 Å². The Bertz CT molecular complexity index is 1110. The van der Waals surface area contributed by atoms with Crippen LogP contribution in [0, 0.1) is 19.8 Å². The van der Waals surface area contributed by atoms with Gasteiger partial charge in [-0.3, -0.25) is 9.78 Å². The number of ether oxygens (including phenoxy) is 2. The Morgan fingerprint density at radius 2 is 2.00 bits per heavy atom. The van der Waals surface area contributed by atoms with Crippen LogP contribution in [0.25, 0.3) is 11.1 Å². The van der Waals surface area contributed by atoms with Crippen LogP contribution < -0.4 is 10.3 Å². The Balaban J connectivity index is 1.81. The molecule has 0 saturated heterocycles. The van der Waals surface area contributed by atoms with Gasteiger partial charge in [-0.15, -0.1) is 6.58 Å². The Kier molecular flexibility index (Phi) is 7.89. The molecule has 0 radical (unpaired) electrons. The topological polar surface area (TPSA) is 79.1 Å². The average Bonchev–Trinajstić information content (AvgIpc) is 2.78. The lowest BCUT2D eigenvalue weighted by Crippen LogP contribution is -2.21. The first-order chi connectivity index (χ1) is 15.4. The molecule has 0 aliphatic heterocycles. The van der Waals surface area contributed by atoms with Gasteiger partial charge in [-0.25, -0.2) is 4.98 Å². The van der Waals surface area contributed by atoms with Crippen molar-refractivity contribution >= 4 is 0 Å². The van der Waals surface area contributed by atoms with Crippen LogP contribution in [-0.4, -0.2) is 39.8 Å². The molecule has 32 heavy (non-hydrogen) atoms. The molecule has 7 heteroatoms. The van der Waals surface area contributed by atoms with Crippen LogP contribution in [0.4, 0.5) is 0 Å². The predicted octanol–water partition coefficient (Wildman–Crippen LogP) is 3.95. The molecule has 0 N–H and O–H groups in total. The summed E-state index contributed by atoms with van der Waals surface area (Å²) in [6.07, 6.45) is 7.21. The van der Waals surface area contributed by atoms with E-state index in [0.29, 0.717) is 42.6 Å². The van der Waals surface area contributed by atoms with Crippen LogP contribution in [0.5, 0.6) is 5.88 Å². The second kappa shape index (κ2) is 10.8. The quantitative estimate of drug-likeness (QED) is 0.450. The van der Waals surface area contributed by atoms with E-state index in [2.05, 4.69) is 28.5 Å². The van der Waals surface area contributed by atoms with E-state index in [-0.39, 0.29) is 17.4 Å². The van der Waals surface area contributed by atoms with Gasteiger partial charge in [0, 0.05) is 55.8 Å². The van der Waals surface area contributed by atoms with Crippen molar-refractivity contribution in [1.82, 2.24) is 19.5 Å². The number of nitrogens with zero attached hydrogens (tertiary/aromatic N) is 4. The summed E-state index contributed by atoms with van der Waals surface area (Å²) >= 11 is 0. The third-order valence-corrected chi connectivity index (χ3v) is 5.34. The second-order valence-electron chi connectivity index (χ2n) is 7.89. The van der Waals surface area contributed by atoms with Crippen molar-refractivity contribution in [2.45, 2.75) is 33.2 Å². The Labute approximate surface area is 188 Å². The summed E-state index contributed by atoms with van der Waals surface area (Å²) < 4.78 is 12.8. The van der Waals surface area contributed by atoms with Crippen molar-refractivity contribution in [2.24, 2.45) is 5.92 Å². The fraction of sp³-hybridized carbons (Fsp3) is 0.360. The zero-order valence-electron chi connectivity index (χ0n) is 19.1. The highest BCUT2D eigenvalue weighted by Gasteiger charge is 2.20. The van der Waals surface area contributed by atoms with Gasteiger partial charge in [0.2, 0.25) is 5.88 Å². The maximum absolute atomic E-state index is 12.5. The maximum atomic E-state index is 12.5. The van der Waals surface area contributed by atoms with Gasteiger partial charge in [-0.2, -0.15) is 4.98 Å². The molecule has 0 bridgehead atoms. The average molecular weight is 435 g/mol. The lowest BCUT2D eigenvalue weighted by molar-refractivity contribution is 0.186. The van der Waals surface area contributed by atoms with E-state index >= 15 is 0 Å². The molecule has 168 valence electrons. The standard InChI is InChI=1S/C25H30N4O3/c1-6-21(23-8-7-17(2)14-27-23)18(3)16-32-25-22(15-26-19(4)28-25)20-9-10-29(11-12-31-5)24(30)13-20/h6-10,13-15,18,21H,1,11-12,16H2,2-5H3. The van der Waals surface area contributed by atoms with Crippen LogP contribution in [0.15, 0.2) is 60.3 Å². The smallest absolute Gasteiger partial charge is 0.251 e. The fourth-order valence-corrected chi connectivity index (χ4v) is 3.44. The highest BCUT2D eigenvalue weighted by molar-refractivity contribution is 5.67. The van der Waals surface area contributed by atoms with Crippen LogP contribution in [0.1, 0.15) is 29.9 Å². The van der Waals surface area contributed by atoms with Crippen molar-refractivity contribution in [2.75, 3.05) is 20.3 Å². The molecule has 0 aromatic carbocycles. The first kappa shape index (κ1) is 23.3. The Morgan fingerprint density at radius 3 is 2.66 bits per heavy atom. The lowest BCUT2D eigenvalue weighted by atomic mass is 9.91. The molecule has 3 aromatic rings. The summed E-state index contributed by atoms with van der Waals surface area (Å²) in [6, 6.07) is 7.51. The number of allylic oxidation sites excluding steroid dienone is 1. The van der Waals surface area contributed by atoms with E-state index in [4.69, 9.17) is 9.47 Å². The van der Waals surface area contributed by atoms with E-state index in [1.54, 1.807) is 30.1 Å². The zero-order valence-corrected chi connectivity index (χ0v) is 19.1. The van der Waals surface area contributed by atoms with Crippen molar-refractivity contribution < 1.29 is 9.47 Å². The normalized spacial score (nSPS) is 12.9. The molecule has 3 rings (SSSR count). The van der Waals surface area contributed by atoms with E-state index < -0.39 is 0 Å². The van der Waals surface area contributed by atoms with Crippen molar-refractivity contribution in [3.05, 3.63) is 82.9 Å². The van der Waals surface area contributed by atoms with Gasteiger partial charge in [0.1, 0.15) is 5.82 Å². The van der Waals surface area contributed by atoms with E-state index in [1.165, 1.54) is 0 Å². The number of aromatic nitrogens is 4.